The van der Waals surface area contributed by atoms with Crippen molar-refractivity contribution in [1.82, 2.24) is 10.2 Å². The molecule has 0 saturated heterocycles. The summed E-state index contributed by atoms with van der Waals surface area (Å²) in [7, 11) is 0. The largest absolute Gasteiger partial charge is 0.297 e. The van der Waals surface area contributed by atoms with Crippen molar-refractivity contribution >= 4 is 40.1 Å². The van der Waals surface area contributed by atoms with E-state index in [1.165, 1.54) is 17.4 Å². The standard InChI is InChI=1S/C15H16ClN3OS/c1-15(2,3)13-18-19-14(21-13)17-12(20)9-8-10-6-4-5-7-11(10)16/h4-9H,1-3H3,(H,17,19,20)/b9-8+. The van der Waals surface area contributed by atoms with Gasteiger partial charge in [0.2, 0.25) is 11.0 Å². The topological polar surface area (TPSA) is 54.9 Å². The molecule has 0 saturated carbocycles. The first-order valence-electron chi connectivity index (χ1n) is 6.44. The fourth-order valence-electron chi connectivity index (χ4n) is 1.50. The summed E-state index contributed by atoms with van der Waals surface area (Å²) in [5, 5.41) is 12.7. The Labute approximate surface area is 132 Å². The van der Waals surface area contributed by atoms with E-state index in [9.17, 15) is 4.79 Å². The van der Waals surface area contributed by atoms with Gasteiger partial charge in [-0.1, -0.05) is 61.9 Å². The Morgan fingerprint density at radius 3 is 2.62 bits per heavy atom. The number of carbonyl (C=O) groups is 1. The highest BCUT2D eigenvalue weighted by molar-refractivity contribution is 7.15. The van der Waals surface area contributed by atoms with Gasteiger partial charge in [0, 0.05) is 16.5 Å². The Morgan fingerprint density at radius 2 is 2.00 bits per heavy atom. The molecule has 0 aliphatic heterocycles. The lowest BCUT2D eigenvalue weighted by Crippen LogP contribution is -2.10. The normalized spacial score (nSPS) is 11.8. The van der Waals surface area contributed by atoms with Crippen LogP contribution in [-0.4, -0.2) is 16.1 Å². The van der Waals surface area contributed by atoms with Gasteiger partial charge in [0.25, 0.3) is 0 Å². The van der Waals surface area contributed by atoms with Gasteiger partial charge in [-0.2, -0.15) is 0 Å². The number of hydrogen-bond acceptors (Lipinski definition) is 4. The summed E-state index contributed by atoms with van der Waals surface area (Å²) in [5.41, 5.74) is 0.718. The number of benzene rings is 1. The quantitative estimate of drug-likeness (QED) is 0.864. The molecule has 4 nitrogen and oxygen atoms in total. The van der Waals surface area contributed by atoms with Gasteiger partial charge in [0.15, 0.2) is 0 Å². The number of halogens is 1. The molecule has 0 unspecified atom stereocenters. The zero-order valence-corrected chi connectivity index (χ0v) is 13.6. The summed E-state index contributed by atoms with van der Waals surface area (Å²) < 4.78 is 0. The molecule has 2 rings (SSSR count). The minimum Gasteiger partial charge on any atom is -0.297 e. The summed E-state index contributed by atoms with van der Waals surface area (Å²) in [6.07, 6.45) is 3.10. The number of carbonyl (C=O) groups excluding carboxylic acids is 1. The van der Waals surface area contributed by atoms with Crippen molar-refractivity contribution in [1.29, 1.82) is 0 Å². The minimum atomic E-state index is -0.258. The molecule has 1 heterocycles. The van der Waals surface area contributed by atoms with Crippen LogP contribution in [0.25, 0.3) is 6.08 Å². The maximum absolute atomic E-state index is 11.9. The van der Waals surface area contributed by atoms with Gasteiger partial charge in [0.1, 0.15) is 5.01 Å². The second-order valence-corrected chi connectivity index (χ2v) is 6.89. The summed E-state index contributed by atoms with van der Waals surface area (Å²) in [4.78, 5) is 11.9. The molecule has 1 aromatic heterocycles. The Bertz CT molecular complexity index is 674. The van der Waals surface area contributed by atoms with Crippen molar-refractivity contribution in [3.05, 3.63) is 45.9 Å². The second-order valence-electron chi connectivity index (χ2n) is 5.51. The van der Waals surface area contributed by atoms with Crippen molar-refractivity contribution in [2.75, 3.05) is 5.32 Å². The van der Waals surface area contributed by atoms with E-state index in [2.05, 4.69) is 36.3 Å². The van der Waals surface area contributed by atoms with E-state index in [1.807, 2.05) is 18.2 Å². The van der Waals surface area contributed by atoms with Crippen LogP contribution >= 0.6 is 22.9 Å². The first-order chi connectivity index (χ1) is 9.86. The summed E-state index contributed by atoms with van der Waals surface area (Å²) >= 11 is 7.40. The summed E-state index contributed by atoms with van der Waals surface area (Å²) in [5.74, 6) is -0.258. The zero-order chi connectivity index (χ0) is 15.5. The van der Waals surface area contributed by atoms with Gasteiger partial charge < -0.3 is 0 Å². The van der Waals surface area contributed by atoms with Gasteiger partial charge in [-0.25, -0.2) is 0 Å². The maximum Gasteiger partial charge on any atom is 0.250 e. The Morgan fingerprint density at radius 1 is 1.29 bits per heavy atom. The van der Waals surface area contributed by atoms with Crippen LogP contribution < -0.4 is 5.32 Å². The van der Waals surface area contributed by atoms with E-state index in [0.29, 0.717) is 10.2 Å². The van der Waals surface area contributed by atoms with Gasteiger partial charge in [-0.15, -0.1) is 10.2 Å². The van der Waals surface area contributed by atoms with E-state index in [4.69, 9.17) is 11.6 Å². The van der Waals surface area contributed by atoms with Gasteiger partial charge in [-0.3, -0.25) is 10.1 Å². The fourth-order valence-corrected chi connectivity index (χ4v) is 2.50. The first kappa shape index (κ1) is 15.7. The Hall–Kier alpha value is -1.72. The van der Waals surface area contributed by atoms with Crippen LogP contribution in [0.5, 0.6) is 0 Å². The van der Waals surface area contributed by atoms with Crippen molar-refractivity contribution < 1.29 is 4.79 Å². The summed E-state index contributed by atoms with van der Waals surface area (Å²) in [6.45, 7) is 6.16. The molecule has 0 aliphatic carbocycles. The van der Waals surface area contributed by atoms with E-state index < -0.39 is 0 Å². The molecule has 0 radical (unpaired) electrons. The number of anilines is 1. The minimum absolute atomic E-state index is 0.0753. The molecular weight excluding hydrogens is 306 g/mol. The highest BCUT2D eigenvalue weighted by atomic mass is 35.5. The molecule has 0 spiro atoms. The molecule has 2 aromatic rings. The van der Waals surface area contributed by atoms with Crippen LogP contribution in [0.3, 0.4) is 0 Å². The average molecular weight is 322 g/mol. The molecule has 0 aliphatic rings. The lowest BCUT2D eigenvalue weighted by atomic mass is 9.98. The molecule has 21 heavy (non-hydrogen) atoms. The van der Waals surface area contributed by atoms with Gasteiger partial charge in [-0.05, 0) is 17.7 Å². The average Bonchev–Trinajstić information content (AvgIpc) is 2.86. The number of nitrogens with zero attached hydrogens (tertiary/aromatic N) is 2. The first-order valence-corrected chi connectivity index (χ1v) is 7.63. The van der Waals surface area contributed by atoms with Crippen LogP contribution in [0.2, 0.25) is 5.02 Å². The molecule has 1 aromatic carbocycles. The number of hydrogen-bond donors (Lipinski definition) is 1. The van der Waals surface area contributed by atoms with Crippen LogP contribution in [-0.2, 0) is 10.2 Å². The van der Waals surface area contributed by atoms with E-state index >= 15 is 0 Å². The van der Waals surface area contributed by atoms with Crippen molar-refractivity contribution in [3.63, 3.8) is 0 Å². The predicted molar refractivity (Wildman–Crippen MR) is 87.7 cm³/mol. The predicted octanol–water partition coefficient (Wildman–Crippen LogP) is 4.14. The SMILES string of the molecule is CC(C)(C)c1nnc(NC(=O)/C=C/c2ccccc2Cl)s1. The van der Waals surface area contributed by atoms with Crippen molar-refractivity contribution in [3.8, 4) is 0 Å². The Balaban J connectivity index is 2.02. The van der Waals surface area contributed by atoms with E-state index in [0.717, 1.165) is 10.6 Å². The number of aromatic nitrogens is 2. The van der Waals surface area contributed by atoms with Crippen LogP contribution in [0, 0.1) is 0 Å². The van der Waals surface area contributed by atoms with Crippen molar-refractivity contribution in [2.45, 2.75) is 26.2 Å². The highest BCUT2D eigenvalue weighted by Crippen LogP contribution is 2.27. The third-order valence-electron chi connectivity index (χ3n) is 2.62. The van der Waals surface area contributed by atoms with E-state index in [1.54, 1.807) is 12.1 Å². The van der Waals surface area contributed by atoms with Gasteiger partial charge >= 0.3 is 0 Å². The monoisotopic (exact) mass is 321 g/mol. The number of nitrogens with one attached hydrogen (secondary N) is 1. The summed E-state index contributed by atoms with van der Waals surface area (Å²) in [6, 6.07) is 7.33. The molecule has 110 valence electrons. The van der Waals surface area contributed by atoms with Crippen molar-refractivity contribution in [2.24, 2.45) is 0 Å². The number of rotatable bonds is 3. The zero-order valence-electron chi connectivity index (χ0n) is 12.1. The molecule has 6 heteroatoms. The fraction of sp³-hybridized carbons (Fsp3) is 0.267. The van der Waals surface area contributed by atoms with Gasteiger partial charge in [0.05, 0.1) is 0 Å². The third-order valence-corrected chi connectivity index (χ3v) is 4.22. The smallest absolute Gasteiger partial charge is 0.250 e. The number of amides is 1. The third kappa shape index (κ3) is 4.37. The van der Waals surface area contributed by atoms with Crippen LogP contribution in [0.4, 0.5) is 5.13 Å². The molecule has 1 N–H and O–H groups in total. The molecule has 0 atom stereocenters. The molecule has 0 bridgehead atoms. The lowest BCUT2D eigenvalue weighted by Gasteiger charge is -2.12. The molecule has 1 amide bonds. The van der Waals surface area contributed by atoms with E-state index in [-0.39, 0.29) is 11.3 Å². The highest BCUT2D eigenvalue weighted by Gasteiger charge is 2.19. The van der Waals surface area contributed by atoms with Crippen LogP contribution in [0.15, 0.2) is 30.3 Å². The lowest BCUT2D eigenvalue weighted by molar-refractivity contribution is -0.111. The van der Waals surface area contributed by atoms with Crippen LogP contribution in [0.1, 0.15) is 31.3 Å². The molecule has 0 fully saturated rings. The molecular formula is C15H16ClN3OS. The Kier molecular flexibility index (Phi) is 4.75. The maximum atomic E-state index is 11.9. The second kappa shape index (κ2) is 6.37.